The van der Waals surface area contributed by atoms with Crippen LogP contribution in [0.1, 0.15) is 11.3 Å². The van der Waals surface area contributed by atoms with E-state index in [2.05, 4.69) is 15.6 Å². The average Bonchev–Trinajstić information content (AvgIpc) is 2.35. The Labute approximate surface area is 112 Å². The summed E-state index contributed by atoms with van der Waals surface area (Å²) in [6.45, 7) is 4.01. The van der Waals surface area contributed by atoms with Crippen LogP contribution in [0, 0.1) is 13.8 Å². The molecule has 0 radical (unpaired) electrons. The van der Waals surface area contributed by atoms with Gasteiger partial charge in [-0.25, -0.2) is 4.98 Å². The van der Waals surface area contributed by atoms with Crippen LogP contribution in [-0.4, -0.2) is 10.1 Å². The first-order valence-corrected chi connectivity index (χ1v) is 6.13. The number of nitrogens with zero attached hydrogens (tertiary/aromatic N) is 1. The zero-order valence-corrected chi connectivity index (χ0v) is 11.2. The van der Waals surface area contributed by atoms with Crippen molar-refractivity contribution in [2.24, 2.45) is 0 Å². The second-order valence-electron chi connectivity index (χ2n) is 4.04. The number of pyridine rings is 1. The van der Waals surface area contributed by atoms with Gasteiger partial charge in [0.05, 0.1) is 0 Å². The maximum absolute atomic E-state index is 5.23. The summed E-state index contributed by atoms with van der Waals surface area (Å²) in [6.07, 6.45) is 0. The average molecular weight is 257 g/mol. The number of hydrogen-bond donors (Lipinski definition) is 2. The molecule has 0 atom stereocenters. The predicted octanol–water partition coefficient (Wildman–Crippen LogP) is 3.51. The first kappa shape index (κ1) is 12.5. The van der Waals surface area contributed by atoms with E-state index in [0.717, 1.165) is 17.2 Å². The van der Waals surface area contributed by atoms with Gasteiger partial charge in [-0.05, 0) is 49.8 Å². The second kappa shape index (κ2) is 5.60. The molecule has 1 heterocycles. The number of hydrogen-bond acceptors (Lipinski definition) is 2. The highest BCUT2D eigenvalue weighted by atomic mass is 32.1. The van der Waals surface area contributed by atoms with Gasteiger partial charge in [0.1, 0.15) is 5.82 Å². The highest BCUT2D eigenvalue weighted by molar-refractivity contribution is 7.80. The fourth-order valence-corrected chi connectivity index (χ4v) is 1.72. The molecular weight excluding hydrogens is 242 g/mol. The second-order valence-corrected chi connectivity index (χ2v) is 4.45. The van der Waals surface area contributed by atoms with Crippen LogP contribution in [0.25, 0.3) is 0 Å². The molecule has 0 unspecified atom stereocenters. The SMILES string of the molecule is Cc1ccc(NC(=S)Nc2ccccc2)nc1C. The van der Waals surface area contributed by atoms with Crippen molar-refractivity contribution in [3.63, 3.8) is 0 Å². The molecule has 0 aliphatic heterocycles. The van der Waals surface area contributed by atoms with Crippen molar-refractivity contribution in [1.82, 2.24) is 4.98 Å². The molecule has 0 aliphatic rings. The van der Waals surface area contributed by atoms with Gasteiger partial charge in [0.25, 0.3) is 0 Å². The summed E-state index contributed by atoms with van der Waals surface area (Å²) in [5.74, 6) is 0.756. The van der Waals surface area contributed by atoms with E-state index < -0.39 is 0 Å². The highest BCUT2D eigenvalue weighted by Crippen LogP contribution is 2.10. The summed E-state index contributed by atoms with van der Waals surface area (Å²) in [6, 6.07) is 13.7. The highest BCUT2D eigenvalue weighted by Gasteiger charge is 2.01. The number of thiocarbonyl (C=S) groups is 1. The molecule has 0 fully saturated rings. The summed E-state index contributed by atoms with van der Waals surface area (Å²) in [4.78, 5) is 4.42. The summed E-state index contributed by atoms with van der Waals surface area (Å²) < 4.78 is 0. The van der Waals surface area contributed by atoms with Crippen molar-refractivity contribution in [3.8, 4) is 0 Å². The van der Waals surface area contributed by atoms with Gasteiger partial charge >= 0.3 is 0 Å². The smallest absolute Gasteiger partial charge is 0.176 e. The van der Waals surface area contributed by atoms with Crippen LogP contribution >= 0.6 is 12.2 Å². The molecule has 0 aliphatic carbocycles. The van der Waals surface area contributed by atoms with Crippen LogP contribution in [0.15, 0.2) is 42.5 Å². The normalized spacial score (nSPS) is 9.89. The summed E-state index contributed by atoms with van der Waals surface area (Å²) in [5, 5.41) is 6.71. The summed E-state index contributed by atoms with van der Waals surface area (Å²) >= 11 is 5.23. The molecule has 0 saturated heterocycles. The third-order valence-corrected chi connectivity index (χ3v) is 2.83. The predicted molar refractivity (Wildman–Crippen MR) is 80.0 cm³/mol. The van der Waals surface area contributed by atoms with Gasteiger partial charge < -0.3 is 10.6 Å². The molecule has 4 heteroatoms. The van der Waals surface area contributed by atoms with E-state index in [4.69, 9.17) is 12.2 Å². The lowest BCUT2D eigenvalue weighted by Crippen LogP contribution is -2.19. The Balaban J connectivity index is 2.01. The minimum absolute atomic E-state index is 0.539. The number of para-hydroxylation sites is 1. The zero-order valence-electron chi connectivity index (χ0n) is 10.4. The molecular formula is C14H15N3S. The lowest BCUT2D eigenvalue weighted by atomic mass is 10.2. The lowest BCUT2D eigenvalue weighted by molar-refractivity contribution is 1.16. The molecule has 1 aromatic heterocycles. The van der Waals surface area contributed by atoms with E-state index in [1.165, 1.54) is 5.56 Å². The Morgan fingerprint density at radius 2 is 1.72 bits per heavy atom. The first-order chi connectivity index (χ1) is 8.65. The van der Waals surface area contributed by atoms with E-state index in [1.54, 1.807) is 0 Å². The number of rotatable bonds is 2. The minimum atomic E-state index is 0.539. The maximum atomic E-state index is 5.23. The Kier molecular flexibility index (Phi) is 3.89. The number of aromatic nitrogens is 1. The van der Waals surface area contributed by atoms with Crippen LogP contribution in [0.2, 0.25) is 0 Å². The molecule has 0 amide bonds. The molecule has 2 aromatic rings. The molecule has 92 valence electrons. The standard InChI is InChI=1S/C14H15N3S/c1-10-8-9-13(15-11(10)2)17-14(18)16-12-6-4-3-5-7-12/h3-9H,1-2H3,(H2,15,16,17,18). The Bertz CT molecular complexity index is 552. The maximum Gasteiger partial charge on any atom is 0.176 e. The number of anilines is 2. The first-order valence-electron chi connectivity index (χ1n) is 5.72. The van der Waals surface area contributed by atoms with E-state index >= 15 is 0 Å². The number of aryl methyl sites for hydroxylation is 2. The van der Waals surface area contributed by atoms with Crippen LogP contribution in [0.4, 0.5) is 11.5 Å². The van der Waals surface area contributed by atoms with Crippen molar-refractivity contribution < 1.29 is 0 Å². The molecule has 0 bridgehead atoms. The van der Waals surface area contributed by atoms with Crippen molar-refractivity contribution in [1.29, 1.82) is 0 Å². The molecule has 1 aromatic carbocycles. The van der Waals surface area contributed by atoms with Crippen molar-refractivity contribution >= 4 is 28.8 Å². The lowest BCUT2D eigenvalue weighted by Gasteiger charge is -2.10. The Morgan fingerprint density at radius 3 is 2.39 bits per heavy atom. The van der Waals surface area contributed by atoms with E-state index in [-0.39, 0.29) is 0 Å². The fraction of sp³-hybridized carbons (Fsp3) is 0.143. The quantitative estimate of drug-likeness (QED) is 0.807. The Morgan fingerprint density at radius 1 is 1.00 bits per heavy atom. The van der Waals surface area contributed by atoms with Crippen LogP contribution in [0.5, 0.6) is 0 Å². The topological polar surface area (TPSA) is 37.0 Å². The minimum Gasteiger partial charge on any atom is -0.332 e. The van der Waals surface area contributed by atoms with Gasteiger partial charge in [-0.15, -0.1) is 0 Å². The molecule has 0 spiro atoms. The van der Waals surface area contributed by atoms with Crippen molar-refractivity contribution in [3.05, 3.63) is 53.7 Å². The van der Waals surface area contributed by atoms with Crippen LogP contribution in [0.3, 0.4) is 0 Å². The van der Waals surface area contributed by atoms with Gasteiger partial charge in [0.15, 0.2) is 5.11 Å². The number of benzene rings is 1. The van der Waals surface area contributed by atoms with Crippen molar-refractivity contribution in [2.45, 2.75) is 13.8 Å². The number of nitrogens with one attached hydrogen (secondary N) is 2. The van der Waals surface area contributed by atoms with Crippen LogP contribution < -0.4 is 10.6 Å². The molecule has 2 rings (SSSR count). The summed E-state index contributed by atoms with van der Waals surface area (Å²) in [7, 11) is 0. The zero-order chi connectivity index (χ0) is 13.0. The fourth-order valence-electron chi connectivity index (χ4n) is 1.50. The molecule has 0 saturated carbocycles. The molecule has 3 nitrogen and oxygen atoms in total. The van der Waals surface area contributed by atoms with Gasteiger partial charge in [-0.1, -0.05) is 24.3 Å². The van der Waals surface area contributed by atoms with Crippen molar-refractivity contribution in [2.75, 3.05) is 10.6 Å². The third kappa shape index (κ3) is 3.28. The van der Waals surface area contributed by atoms with E-state index in [9.17, 15) is 0 Å². The van der Waals surface area contributed by atoms with Gasteiger partial charge in [0.2, 0.25) is 0 Å². The largest absolute Gasteiger partial charge is 0.332 e. The van der Waals surface area contributed by atoms with Gasteiger partial charge in [-0.3, -0.25) is 0 Å². The third-order valence-electron chi connectivity index (χ3n) is 2.62. The van der Waals surface area contributed by atoms with Gasteiger partial charge in [-0.2, -0.15) is 0 Å². The molecule has 2 N–H and O–H groups in total. The monoisotopic (exact) mass is 257 g/mol. The van der Waals surface area contributed by atoms with Gasteiger partial charge in [0, 0.05) is 11.4 Å². The van der Waals surface area contributed by atoms with E-state index in [1.807, 2.05) is 56.3 Å². The Hall–Kier alpha value is -1.94. The summed E-state index contributed by atoms with van der Waals surface area (Å²) in [5.41, 5.74) is 3.13. The van der Waals surface area contributed by atoms with Crippen LogP contribution in [-0.2, 0) is 0 Å². The molecule has 18 heavy (non-hydrogen) atoms. The van der Waals surface area contributed by atoms with E-state index in [0.29, 0.717) is 5.11 Å².